The normalized spacial score (nSPS) is 12.0. The average Bonchev–Trinajstić information content (AvgIpc) is 0.722. The van der Waals surface area contributed by atoms with E-state index in [0.717, 1.165) is 0 Å². The summed E-state index contributed by atoms with van der Waals surface area (Å²) in [6, 6.07) is 0. The first-order valence-electron chi connectivity index (χ1n) is 1.49. The Morgan fingerprint density at radius 1 is 1.60 bits per heavy atom. The molecule has 0 fully saturated rings. The van der Waals surface area contributed by atoms with Gasteiger partial charge in [0.15, 0.2) is 0 Å². The van der Waals surface area contributed by atoms with Crippen LogP contribution < -0.4 is 5.73 Å². The molecule has 31 valence electrons. The minimum atomic E-state index is -0.125. The van der Waals surface area contributed by atoms with E-state index in [1.807, 2.05) is 13.8 Å². The van der Waals surface area contributed by atoms with Crippen LogP contribution in [0.5, 0.6) is 0 Å². The van der Waals surface area contributed by atoms with Gasteiger partial charge in [0, 0.05) is 0 Å². The first kappa shape index (κ1) is 5.48. The van der Waals surface area contributed by atoms with Crippen molar-refractivity contribution in [2.45, 2.75) is 18.3 Å². The third-order valence-corrected chi connectivity index (χ3v) is 0. The van der Waals surface area contributed by atoms with Crippen molar-refractivity contribution in [1.29, 1.82) is 0 Å². The molecule has 2 N–H and O–H groups in total. The molecule has 0 unspecified atom stereocenters. The van der Waals surface area contributed by atoms with E-state index in [9.17, 15) is 0 Å². The van der Waals surface area contributed by atoms with Gasteiger partial charge in [-0.15, -0.1) is 0 Å². The predicted molar refractivity (Wildman–Crippen MR) is 24.0 cm³/mol. The summed E-state index contributed by atoms with van der Waals surface area (Å²) in [7, 11) is 0. The summed E-state index contributed by atoms with van der Waals surface area (Å²) < 4.78 is -0.125. The molecule has 0 saturated carbocycles. The van der Waals surface area contributed by atoms with Crippen LogP contribution in [0.4, 0.5) is 0 Å². The van der Waals surface area contributed by atoms with Crippen LogP contribution in [-0.2, 0) is 0 Å². The maximum absolute atomic E-state index is 5.30. The molecule has 0 amide bonds. The number of hydrogen-bond acceptors (Lipinski definition) is 1. The van der Waals surface area contributed by atoms with Crippen molar-refractivity contribution >= 4 is 16.0 Å². The van der Waals surface area contributed by atoms with Crippen LogP contribution >= 0.6 is 0 Å². The van der Waals surface area contributed by atoms with Crippen LogP contribution in [0.3, 0.4) is 0 Å². The molecular weight excluding hydrogens is 129 g/mol. The van der Waals surface area contributed by atoms with Gasteiger partial charge < -0.3 is 0 Å². The third kappa shape index (κ3) is 120. The summed E-state index contributed by atoms with van der Waals surface area (Å²) >= 11 is 2.76. The molecule has 2 heteroatoms. The van der Waals surface area contributed by atoms with Crippen LogP contribution in [0.15, 0.2) is 0 Å². The number of rotatable bonds is 0. The standard InChI is InChI=1S/C3H8NSe/c1-3(2,4)5/h4H2,1-2H3. The van der Waals surface area contributed by atoms with Crippen molar-refractivity contribution in [3.63, 3.8) is 0 Å². The fourth-order valence-corrected chi connectivity index (χ4v) is 0. The molecular formula is C3H8NSe. The Balaban J connectivity index is 3.02. The van der Waals surface area contributed by atoms with Gasteiger partial charge in [-0.2, -0.15) is 0 Å². The molecule has 0 atom stereocenters. The van der Waals surface area contributed by atoms with E-state index < -0.39 is 0 Å². The van der Waals surface area contributed by atoms with Crippen LogP contribution in [0.1, 0.15) is 13.8 Å². The molecule has 1 nitrogen and oxygen atoms in total. The van der Waals surface area contributed by atoms with Gasteiger partial charge in [0.05, 0.1) is 0 Å². The monoisotopic (exact) mass is 138 g/mol. The van der Waals surface area contributed by atoms with Crippen molar-refractivity contribution in [2.75, 3.05) is 0 Å². The summed E-state index contributed by atoms with van der Waals surface area (Å²) in [4.78, 5) is 0. The first-order valence-corrected chi connectivity index (χ1v) is 2.35. The summed E-state index contributed by atoms with van der Waals surface area (Å²) in [5.41, 5.74) is 5.30. The quantitative estimate of drug-likeness (QED) is 0.461. The van der Waals surface area contributed by atoms with Gasteiger partial charge in [-0.25, -0.2) is 0 Å². The van der Waals surface area contributed by atoms with Crippen molar-refractivity contribution in [1.82, 2.24) is 0 Å². The number of hydrogen-bond donors (Lipinski definition) is 1. The van der Waals surface area contributed by atoms with Gasteiger partial charge in [0.1, 0.15) is 0 Å². The van der Waals surface area contributed by atoms with E-state index in [1.165, 1.54) is 0 Å². The zero-order chi connectivity index (χ0) is 4.50. The van der Waals surface area contributed by atoms with Crippen LogP contribution in [-0.4, -0.2) is 20.5 Å². The molecule has 0 aromatic rings. The number of nitrogens with two attached hydrogens (primary N) is 1. The second-order valence-electron chi connectivity index (χ2n) is 1.60. The molecule has 5 heavy (non-hydrogen) atoms. The van der Waals surface area contributed by atoms with Crippen molar-refractivity contribution < 1.29 is 0 Å². The summed E-state index contributed by atoms with van der Waals surface area (Å²) in [5, 5.41) is 0. The fourth-order valence-electron chi connectivity index (χ4n) is 0. The first-order chi connectivity index (χ1) is 2.00. The molecule has 0 saturated heterocycles. The molecule has 0 spiro atoms. The van der Waals surface area contributed by atoms with Crippen LogP contribution in [0.2, 0.25) is 0 Å². The minimum absolute atomic E-state index is 0.125. The van der Waals surface area contributed by atoms with E-state index >= 15 is 0 Å². The van der Waals surface area contributed by atoms with Crippen molar-refractivity contribution in [2.24, 2.45) is 5.73 Å². The average molecular weight is 137 g/mol. The molecule has 0 bridgehead atoms. The zero-order valence-electron chi connectivity index (χ0n) is 3.49. The van der Waals surface area contributed by atoms with Gasteiger partial charge in [0.2, 0.25) is 0 Å². The Morgan fingerprint density at radius 3 is 1.60 bits per heavy atom. The molecule has 0 aliphatic carbocycles. The molecule has 1 radical (unpaired) electrons. The van der Waals surface area contributed by atoms with Gasteiger partial charge in [-0.1, -0.05) is 0 Å². The second kappa shape index (κ2) is 1.29. The summed E-state index contributed by atoms with van der Waals surface area (Å²) in [6.45, 7) is 3.82. The third-order valence-electron chi connectivity index (χ3n) is 0. The Kier molecular flexibility index (Phi) is 1.42. The maximum atomic E-state index is 5.30. The Bertz CT molecular complexity index is 22.4. The van der Waals surface area contributed by atoms with Crippen molar-refractivity contribution in [3.8, 4) is 0 Å². The topological polar surface area (TPSA) is 26.0 Å². The molecule has 0 aliphatic heterocycles. The van der Waals surface area contributed by atoms with Crippen LogP contribution in [0, 0.1) is 0 Å². The van der Waals surface area contributed by atoms with Gasteiger partial charge in [-0.05, 0) is 0 Å². The van der Waals surface area contributed by atoms with Gasteiger partial charge >= 0.3 is 40.0 Å². The second-order valence-corrected chi connectivity index (χ2v) is 3.81. The van der Waals surface area contributed by atoms with E-state index in [2.05, 4.69) is 16.0 Å². The molecule has 0 rings (SSSR count). The van der Waals surface area contributed by atoms with E-state index in [-0.39, 0.29) is 4.44 Å². The molecule has 0 aliphatic rings. The zero-order valence-corrected chi connectivity index (χ0v) is 5.20. The molecule has 0 aromatic heterocycles. The fraction of sp³-hybridized carbons (Fsp3) is 1.00. The van der Waals surface area contributed by atoms with Gasteiger partial charge in [-0.3, -0.25) is 0 Å². The molecule has 0 heterocycles. The summed E-state index contributed by atoms with van der Waals surface area (Å²) in [5.74, 6) is 0. The summed E-state index contributed by atoms with van der Waals surface area (Å²) in [6.07, 6.45) is 0. The molecule has 0 aromatic carbocycles. The van der Waals surface area contributed by atoms with Gasteiger partial charge in [0.25, 0.3) is 0 Å². The van der Waals surface area contributed by atoms with E-state index in [4.69, 9.17) is 5.73 Å². The Labute approximate surface area is 40.7 Å². The predicted octanol–water partition coefficient (Wildman–Crippen LogP) is -0.150. The Hall–Kier alpha value is 0.479. The van der Waals surface area contributed by atoms with Crippen LogP contribution in [0.25, 0.3) is 0 Å². The van der Waals surface area contributed by atoms with E-state index in [1.54, 1.807) is 0 Å². The van der Waals surface area contributed by atoms with E-state index in [0.29, 0.717) is 0 Å². The Morgan fingerprint density at radius 2 is 1.60 bits per heavy atom. The SMILES string of the molecule is CC(C)(N)[Se]. The van der Waals surface area contributed by atoms with Crippen molar-refractivity contribution in [3.05, 3.63) is 0 Å².